The van der Waals surface area contributed by atoms with Gasteiger partial charge in [-0.3, -0.25) is 19.5 Å². The molecular formula is C31H36N4O5S. The van der Waals surface area contributed by atoms with Crippen LogP contribution in [0.3, 0.4) is 0 Å². The Bertz CT molecular complexity index is 1480. The van der Waals surface area contributed by atoms with E-state index in [1.165, 1.54) is 19.2 Å². The first kappa shape index (κ1) is 28.8. The Morgan fingerprint density at radius 3 is 2.39 bits per heavy atom. The number of fused-ring (bicyclic) bond motifs is 3. The molecule has 0 aliphatic carbocycles. The Labute approximate surface area is 241 Å². The maximum absolute atomic E-state index is 13.8. The van der Waals surface area contributed by atoms with E-state index in [1.54, 1.807) is 35.1 Å². The van der Waals surface area contributed by atoms with Crippen LogP contribution in [-0.2, 0) is 32.5 Å². The van der Waals surface area contributed by atoms with Crippen molar-refractivity contribution in [3.05, 3.63) is 84.2 Å². The minimum Gasteiger partial charge on any atom is -0.497 e. The highest BCUT2D eigenvalue weighted by atomic mass is 32.2. The van der Waals surface area contributed by atoms with Gasteiger partial charge in [0.1, 0.15) is 11.5 Å². The molecule has 2 aliphatic heterocycles. The Morgan fingerprint density at radius 2 is 1.68 bits per heavy atom. The molecule has 1 aromatic heterocycles. The summed E-state index contributed by atoms with van der Waals surface area (Å²) in [7, 11) is -2.38. The van der Waals surface area contributed by atoms with Crippen LogP contribution in [0.25, 0.3) is 0 Å². The number of aromatic nitrogens is 1. The Balaban J connectivity index is 1.49. The fourth-order valence-electron chi connectivity index (χ4n) is 5.93. The monoisotopic (exact) mass is 576 g/mol. The molecule has 9 nitrogen and oxygen atoms in total. The number of amides is 2. The number of hydrogen-bond donors (Lipinski definition) is 0. The fraction of sp³-hybridized carbons (Fsp3) is 0.387. The zero-order chi connectivity index (χ0) is 29.0. The maximum Gasteiger partial charge on any atom is 0.238 e. The molecule has 0 N–H and O–H groups in total. The Kier molecular flexibility index (Phi) is 8.70. The Morgan fingerprint density at radius 1 is 0.951 bits per heavy atom. The lowest BCUT2D eigenvalue weighted by Gasteiger charge is -2.33. The molecule has 10 heteroatoms. The summed E-state index contributed by atoms with van der Waals surface area (Å²) >= 11 is 0. The van der Waals surface area contributed by atoms with Gasteiger partial charge in [-0.25, -0.2) is 8.42 Å². The zero-order valence-corrected chi connectivity index (χ0v) is 24.3. The number of sulfone groups is 1. The highest BCUT2D eigenvalue weighted by Crippen LogP contribution is 2.32. The number of pyridine rings is 1. The molecule has 2 atom stereocenters. The maximum atomic E-state index is 13.8. The molecule has 1 fully saturated rings. The highest BCUT2D eigenvalue weighted by Gasteiger charge is 2.37. The molecule has 216 valence electrons. The third-order valence-corrected chi connectivity index (χ3v) is 9.68. The van der Waals surface area contributed by atoms with Gasteiger partial charge >= 0.3 is 0 Å². The van der Waals surface area contributed by atoms with Crippen molar-refractivity contribution >= 4 is 27.3 Å². The van der Waals surface area contributed by atoms with Crippen molar-refractivity contribution in [2.75, 3.05) is 30.9 Å². The number of anilines is 1. The summed E-state index contributed by atoms with van der Waals surface area (Å²) in [6.45, 7) is 3.33. The molecule has 0 spiro atoms. The van der Waals surface area contributed by atoms with Crippen LogP contribution in [0.5, 0.6) is 5.75 Å². The predicted molar refractivity (Wildman–Crippen MR) is 156 cm³/mol. The van der Waals surface area contributed by atoms with Gasteiger partial charge in [0.2, 0.25) is 11.8 Å². The summed E-state index contributed by atoms with van der Waals surface area (Å²) < 4.78 is 31.8. The average Bonchev–Trinajstić information content (AvgIpc) is 3.32. The standard InChI is InChI=1S/C31H36N4O5S/c1-23(36)34-18-16-26-10-11-27(35(26)20-25-8-5-6-17-32-25)21-33(19-24-7-3-4-9-30(24)34)31(37)22-41(38,39)29-14-12-28(40-2)13-15-29/h3-9,12-15,17,26-27H,10-11,16,18-22H2,1-2H3/t26-,27+/m0/s1. The second-order valence-corrected chi connectivity index (χ2v) is 12.7. The van der Waals surface area contributed by atoms with Gasteiger partial charge in [-0.1, -0.05) is 24.3 Å². The lowest BCUT2D eigenvalue weighted by atomic mass is 10.1. The number of benzene rings is 2. The van der Waals surface area contributed by atoms with Gasteiger partial charge < -0.3 is 14.5 Å². The van der Waals surface area contributed by atoms with Crippen molar-refractivity contribution in [2.45, 2.75) is 56.3 Å². The Hall–Kier alpha value is -3.76. The molecule has 0 radical (unpaired) electrons. The van der Waals surface area contributed by atoms with Gasteiger partial charge in [0, 0.05) is 57.1 Å². The zero-order valence-electron chi connectivity index (χ0n) is 23.5. The number of ether oxygens (including phenoxy) is 1. The number of methoxy groups -OCH3 is 1. The molecule has 2 amide bonds. The number of carbonyl (C=O) groups is 2. The van der Waals surface area contributed by atoms with Crippen LogP contribution < -0.4 is 9.64 Å². The molecule has 41 heavy (non-hydrogen) atoms. The van der Waals surface area contributed by atoms with E-state index in [0.29, 0.717) is 25.4 Å². The van der Waals surface area contributed by atoms with Crippen molar-refractivity contribution in [3.8, 4) is 5.75 Å². The first-order valence-corrected chi connectivity index (χ1v) is 15.6. The van der Waals surface area contributed by atoms with E-state index in [1.807, 2.05) is 42.5 Å². The lowest BCUT2D eigenvalue weighted by Crippen LogP contribution is -2.46. The van der Waals surface area contributed by atoms with Crippen LogP contribution in [0.15, 0.2) is 77.8 Å². The van der Waals surface area contributed by atoms with Crippen LogP contribution in [0.2, 0.25) is 0 Å². The van der Waals surface area contributed by atoms with E-state index in [-0.39, 0.29) is 29.4 Å². The van der Waals surface area contributed by atoms with Crippen LogP contribution in [0.1, 0.15) is 37.4 Å². The summed E-state index contributed by atoms with van der Waals surface area (Å²) in [5, 5.41) is 0. The first-order chi connectivity index (χ1) is 19.7. The van der Waals surface area contributed by atoms with Crippen molar-refractivity contribution in [1.82, 2.24) is 14.8 Å². The summed E-state index contributed by atoms with van der Waals surface area (Å²) in [6.07, 6.45) is 4.36. The van der Waals surface area contributed by atoms with Gasteiger partial charge in [-0.15, -0.1) is 0 Å². The van der Waals surface area contributed by atoms with Crippen molar-refractivity contribution < 1.29 is 22.7 Å². The molecule has 3 aromatic rings. The smallest absolute Gasteiger partial charge is 0.238 e. The van der Waals surface area contributed by atoms with Gasteiger partial charge in [0.25, 0.3) is 0 Å². The minimum atomic E-state index is -3.89. The first-order valence-electron chi connectivity index (χ1n) is 13.9. The van der Waals surface area contributed by atoms with Crippen LogP contribution in [0, 0.1) is 0 Å². The fourth-order valence-corrected chi connectivity index (χ4v) is 7.15. The molecule has 1 saturated heterocycles. The van der Waals surface area contributed by atoms with E-state index < -0.39 is 21.5 Å². The third-order valence-electron chi connectivity index (χ3n) is 8.07. The normalized spacial score (nSPS) is 19.8. The van der Waals surface area contributed by atoms with Crippen molar-refractivity contribution in [3.63, 3.8) is 0 Å². The molecule has 2 aromatic carbocycles. The van der Waals surface area contributed by atoms with Gasteiger partial charge in [0.15, 0.2) is 9.84 Å². The average molecular weight is 577 g/mol. The lowest BCUT2D eigenvalue weighted by molar-refractivity contribution is -0.130. The second kappa shape index (κ2) is 12.4. The van der Waals surface area contributed by atoms with Crippen LogP contribution in [-0.4, -0.2) is 73.1 Å². The summed E-state index contributed by atoms with van der Waals surface area (Å²) in [4.78, 5) is 37.1. The summed E-state index contributed by atoms with van der Waals surface area (Å²) in [6, 6.07) is 19.7. The van der Waals surface area contributed by atoms with Gasteiger partial charge in [-0.2, -0.15) is 0 Å². The molecule has 2 bridgehead atoms. The molecule has 3 heterocycles. The van der Waals surface area contributed by atoms with Crippen molar-refractivity contribution in [2.24, 2.45) is 0 Å². The van der Waals surface area contributed by atoms with Crippen molar-refractivity contribution in [1.29, 1.82) is 0 Å². The number of para-hydroxylation sites is 1. The minimum absolute atomic E-state index is 0.0330. The van der Waals surface area contributed by atoms with Crippen LogP contribution in [0.4, 0.5) is 5.69 Å². The molecule has 2 aliphatic rings. The van der Waals surface area contributed by atoms with E-state index >= 15 is 0 Å². The number of nitrogens with zero attached hydrogens (tertiary/aromatic N) is 4. The highest BCUT2D eigenvalue weighted by molar-refractivity contribution is 7.92. The number of rotatable bonds is 6. The van der Waals surface area contributed by atoms with E-state index in [2.05, 4.69) is 9.88 Å². The quantitative estimate of drug-likeness (QED) is 0.441. The third kappa shape index (κ3) is 6.60. The number of carbonyl (C=O) groups excluding carboxylic acids is 2. The summed E-state index contributed by atoms with van der Waals surface area (Å²) in [5.41, 5.74) is 2.50. The topological polar surface area (TPSA) is 100 Å². The predicted octanol–water partition coefficient (Wildman–Crippen LogP) is 3.68. The van der Waals surface area contributed by atoms with E-state index in [9.17, 15) is 18.0 Å². The van der Waals surface area contributed by atoms with E-state index in [4.69, 9.17) is 4.74 Å². The molecule has 0 saturated carbocycles. The second-order valence-electron chi connectivity index (χ2n) is 10.7. The number of hydrogen-bond acceptors (Lipinski definition) is 7. The largest absolute Gasteiger partial charge is 0.497 e. The van der Waals surface area contributed by atoms with Gasteiger partial charge in [0.05, 0.1) is 17.7 Å². The summed E-state index contributed by atoms with van der Waals surface area (Å²) in [5.74, 6) is -0.639. The molecule has 0 unspecified atom stereocenters. The SMILES string of the molecule is COc1ccc(S(=O)(=O)CC(=O)N2Cc3ccccc3N(C(C)=O)CC[C@@H]3CC[C@H](C2)N3Cc2ccccn2)cc1. The van der Waals surface area contributed by atoms with E-state index in [0.717, 1.165) is 36.2 Å². The molecular weight excluding hydrogens is 540 g/mol. The molecule has 5 rings (SSSR count). The van der Waals surface area contributed by atoms with Crippen LogP contribution >= 0.6 is 0 Å². The van der Waals surface area contributed by atoms with Gasteiger partial charge in [-0.05, 0) is 67.3 Å².